The van der Waals surface area contributed by atoms with Gasteiger partial charge in [0.25, 0.3) is 0 Å². The summed E-state index contributed by atoms with van der Waals surface area (Å²) in [6, 6.07) is 22.7. The average Bonchev–Trinajstić information content (AvgIpc) is 3.45. The topological polar surface area (TPSA) is 55.1 Å². The number of rotatable bonds is 6. The van der Waals surface area contributed by atoms with Crippen molar-refractivity contribution in [2.24, 2.45) is 5.92 Å². The lowest BCUT2D eigenvalue weighted by Crippen LogP contribution is -2.42. The fourth-order valence-corrected chi connectivity index (χ4v) is 5.11. The molecular formula is C30H35N5O. The third-order valence-corrected chi connectivity index (χ3v) is 6.92. The normalized spacial score (nSPS) is 14.9. The summed E-state index contributed by atoms with van der Waals surface area (Å²) < 4.78 is 4.26. The largest absolute Gasteiger partial charge is 0.338 e. The highest BCUT2D eigenvalue weighted by Crippen LogP contribution is 2.38. The van der Waals surface area contributed by atoms with Gasteiger partial charge < -0.3 is 14.8 Å². The van der Waals surface area contributed by atoms with Crippen molar-refractivity contribution in [3.8, 4) is 11.5 Å². The van der Waals surface area contributed by atoms with Crippen LogP contribution in [0, 0.1) is 12.8 Å². The van der Waals surface area contributed by atoms with Gasteiger partial charge >= 0.3 is 6.03 Å². The molecule has 0 bridgehead atoms. The van der Waals surface area contributed by atoms with Crippen LogP contribution in [0.25, 0.3) is 11.5 Å². The van der Waals surface area contributed by atoms with E-state index in [0.717, 1.165) is 46.9 Å². The van der Waals surface area contributed by atoms with Crippen molar-refractivity contribution >= 4 is 6.03 Å². The Bertz CT molecular complexity index is 1350. The number of benzene rings is 2. The SMILES string of the molecule is CCc1nn(-c2ccccc2)c2c1CN(C(=O)NCCC(C)C)C(c1cccc(C)c1)c1cccn1-2. The van der Waals surface area contributed by atoms with Gasteiger partial charge in [0.15, 0.2) is 0 Å². The Labute approximate surface area is 213 Å². The highest BCUT2D eigenvalue weighted by atomic mass is 16.2. The molecule has 4 aromatic rings. The van der Waals surface area contributed by atoms with E-state index in [9.17, 15) is 4.79 Å². The van der Waals surface area contributed by atoms with Gasteiger partial charge in [0, 0.05) is 18.3 Å². The van der Waals surface area contributed by atoms with Gasteiger partial charge in [0.05, 0.1) is 29.7 Å². The van der Waals surface area contributed by atoms with E-state index in [1.165, 1.54) is 5.56 Å². The van der Waals surface area contributed by atoms with Gasteiger partial charge in [-0.15, -0.1) is 0 Å². The molecule has 0 fully saturated rings. The number of aromatic nitrogens is 3. The Balaban J connectivity index is 1.69. The van der Waals surface area contributed by atoms with Crippen molar-refractivity contribution in [2.45, 2.75) is 53.1 Å². The second-order valence-corrected chi connectivity index (χ2v) is 10.0. The maximum atomic E-state index is 13.8. The van der Waals surface area contributed by atoms with Crippen molar-refractivity contribution in [2.75, 3.05) is 6.54 Å². The minimum absolute atomic E-state index is 0.0442. The second kappa shape index (κ2) is 10.1. The third-order valence-electron chi connectivity index (χ3n) is 6.92. The van der Waals surface area contributed by atoms with Crippen LogP contribution in [-0.2, 0) is 13.0 Å². The maximum absolute atomic E-state index is 13.8. The Morgan fingerprint density at radius 3 is 2.61 bits per heavy atom. The lowest BCUT2D eigenvalue weighted by atomic mass is 10.00. The van der Waals surface area contributed by atoms with Crippen LogP contribution in [0.3, 0.4) is 0 Å². The van der Waals surface area contributed by atoms with Crippen LogP contribution in [0.1, 0.15) is 61.3 Å². The zero-order valence-corrected chi connectivity index (χ0v) is 21.6. The van der Waals surface area contributed by atoms with E-state index in [2.05, 4.69) is 92.3 Å². The predicted molar refractivity (Wildman–Crippen MR) is 144 cm³/mol. The number of aryl methyl sites for hydroxylation is 2. The highest BCUT2D eigenvalue weighted by Gasteiger charge is 2.36. The Kier molecular flexibility index (Phi) is 6.68. The Hall–Kier alpha value is -3.80. The van der Waals surface area contributed by atoms with Crippen LogP contribution in [0.5, 0.6) is 0 Å². The fourth-order valence-electron chi connectivity index (χ4n) is 5.11. The number of carbonyl (C=O) groups is 1. The number of carbonyl (C=O) groups excluding carboxylic acids is 1. The minimum Gasteiger partial charge on any atom is -0.338 e. The first-order chi connectivity index (χ1) is 17.5. The van der Waals surface area contributed by atoms with E-state index in [0.29, 0.717) is 19.0 Å². The number of nitrogens with one attached hydrogen (secondary N) is 1. The fraction of sp³-hybridized carbons (Fsp3) is 0.333. The summed E-state index contributed by atoms with van der Waals surface area (Å²) in [6.45, 7) is 9.73. The molecule has 0 saturated carbocycles. The molecule has 2 aromatic carbocycles. The summed E-state index contributed by atoms with van der Waals surface area (Å²) in [7, 11) is 0. The number of nitrogens with zero attached hydrogens (tertiary/aromatic N) is 4. The zero-order chi connectivity index (χ0) is 25.2. The number of fused-ring (bicyclic) bond motifs is 3. The minimum atomic E-state index is -0.222. The second-order valence-electron chi connectivity index (χ2n) is 10.0. The van der Waals surface area contributed by atoms with Gasteiger partial charge in [0.2, 0.25) is 0 Å². The van der Waals surface area contributed by atoms with E-state index in [1.54, 1.807) is 0 Å². The molecule has 0 saturated heterocycles. The standard InChI is InChI=1S/C30H35N5O/c1-5-26-25-20-34(30(36)31-17-16-21(2)3)28(23-12-9-11-22(4)19-23)27-15-10-18-33(27)29(25)35(32-26)24-13-7-6-8-14-24/h6-15,18-19,21,28H,5,16-17,20H2,1-4H3,(H,31,36). The molecule has 0 aliphatic carbocycles. The molecule has 36 heavy (non-hydrogen) atoms. The van der Waals surface area contributed by atoms with E-state index >= 15 is 0 Å². The third kappa shape index (κ3) is 4.43. The van der Waals surface area contributed by atoms with Gasteiger partial charge in [-0.3, -0.25) is 0 Å². The smallest absolute Gasteiger partial charge is 0.318 e. The summed E-state index contributed by atoms with van der Waals surface area (Å²) in [5.41, 5.74) is 6.45. The molecule has 1 N–H and O–H groups in total. The number of urea groups is 1. The lowest BCUT2D eigenvalue weighted by Gasteiger charge is -2.31. The van der Waals surface area contributed by atoms with E-state index in [4.69, 9.17) is 5.10 Å². The molecule has 1 aliphatic heterocycles. The summed E-state index contributed by atoms with van der Waals surface area (Å²) in [4.78, 5) is 15.8. The van der Waals surface area contributed by atoms with Crippen molar-refractivity contribution in [1.29, 1.82) is 0 Å². The van der Waals surface area contributed by atoms with E-state index in [-0.39, 0.29) is 12.1 Å². The Morgan fingerprint density at radius 1 is 1.08 bits per heavy atom. The first kappa shape index (κ1) is 23.9. The van der Waals surface area contributed by atoms with Gasteiger partial charge in [-0.2, -0.15) is 5.10 Å². The van der Waals surface area contributed by atoms with Crippen LogP contribution in [-0.4, -0.2) is 31.8 Å². The van der Waals surface area contributed by atoms with Crippen molar-refractivity contribution in [3.63, 3.8) is 0 Å². The summed E-state index contributed by atoms with van der Waals surface area (Å²) >= 11 is 0. The number of para-hydroxylation sites is 1. The van der Waals surface area contributed by atoms with Crippen molar-refractivity contribution < 1.29 is 4.79 Å². The van der Waals surface area contributed by atoms with Crippen molar-refractivity contribution in [1.82, 2.24) is 24.6 Å². The van der Waals surface area contributed by atoms with Gasteiger partial charge in [-0.05, 0) is 55.5 Å². The Morgan fingerprint density at radius 2 is 1.89 bits per heavy atom. The summed E-state index contributed by atoms with van der Waals surface area (Å²) in [5.74, 6) is 1.54. The zero-order valence-electron chi connectivity index (χ0n) is 21.6. The quantitative estimate of drug-likeness (QED) is 0.357. The molecule has 2 amide bonds. The molecule has 186 valence electrons. The molecule has 2 aromatic heterocycles. The first-order valence-electron chi connectivity index (χ1n) is 12.9. The van der Waals surface area contributed by atoms with Gasteiger partial charge in [-0.1, -0.05) is 68.8 Å². The van der Waals surface area contributed by atoms with Gasteiger partial charge in [-0.25, -0.2) is 9.48 Å². The van der Waals surface area contributed by atoms with Crippen LogP contribution >= 0.6 is 0 Å². The molecule has 1 aliphatic rings. The summed E-state index contributed by atoms with van der Waals surface area (Å²) in [6.07, 6.45) is 3.83. The van der Waals surface area contributed by atoms with E-state index < -0.39 is 0 Å². The van der Waals surface area contributed by atoms with Crippen LogP contribution in [0.2, 0.25) is 0 Å². The molecule has 5 rings (SSSR count). The van der Waals surface area contributed by atoms with Crippen molar-refractivity contribution in [3.05, 3.63) is 101 Å². The molecule has 3 heterocycles. The number of amides is 2. The predicted octanol–water partition coefficient (Wildman–Crippen LogP) is 6.19. The van der Waals surface area contributed by atoms with Crippen LogP contribution in [0.15, 0.2) is 72.9 Å². The molecule has 0 radical (unpaired) electrons. The van der Waals surface area contributed by atoms with Gasteiger partial charge in [0.1, 0.15) is 5.82 Å². The number of hydrogen-bond donors (Lipinski definition) is 1. The summed E-state index contributed by atoms with van der Waals surface area (Å²) in [5, 5.41) is 8.24. The van der Waals surface area contributed by atoms with E-state index in [1.807, 2.05) is 27.8 Å². The highest BCUT2D eigenvalue weighted by molar-refractivity contribution is 5.76. The molecule has 1 unspecified atom stereocenters. The molecule has 1 atom stereocenters. The molecular weight excluding hydrogens is 446 g/mol. The molecule has 6 heteroatoms. The maximum Gasteiger partial charge on any atom is 0.318 e. The molecule has 0 spiro atoms. The average molecular weight is 482 g/mol. The first-order valence-corrected chi connectivity index (χ1v) is 12.9. The van der Waals surface area contributed by atoms with Crippen LogP contribution in [0.4, 0.5) is 4.79 Å². The monoisotopic (exact) mass is 481 g/mol. The number of hydrogen-bond acceptors (Lipinski definition) is 2. The molecule has 6 nitrogen and oxygen atoms in total. The lowest BCUT2D eigenvalue weighted by molar-refractivity contribution is 0.180. The van der Waals surface area contributed by atoms with Crippen LogP contribution < -0.4 is 5.32 Å².